The Labute approximate surface area is 109 Å². The smallest absolute Gasteiger partial charge is 0.266 e. The molecule has 0 saturated carbocycles. The van der Waals surface area contributed by atoms with E-state index in [2.05, 4.69) is 10.4 Å². The average Bonchev–Trinajstić information content (AvgIpc) is 2.92. The molecule has 0 atom stereocenters. The summed E-state index contributed by atoms with van der Waals surface area (Å²) >= 11 is 0. The van der Waals surface area contributed by atoms with E-state index >= 15 is 0 Å². The summed E-state index contributed by atoms with van der Waals surface area (Å²) in [6.45, 7) is 0.665. The van der Waals surface area contributed by atoms with E-state index in [0.717, 1.165) is 0 Å². The van der Waals surface area contributed by atoms with Crippen LogP contribution in [0.2, 0.25) is 0 Å². The van der Waals surface area contributed by atoms with Gasteiger partial charge in [-0.2, -0.15) is 5.10 Å². The summed E-state index contributed by atoms with van der Waals surface area (Å²) < 4.78 is 6.34. The van der Waals surface area contributed by atoms with Crippen LogP contribution in [-0.4, -0.2) is 22.2 Å². The fraction of sp³-hybridized carbons (Fsp3) is 0.154. The van der Waals surface area contributed by atoms with Gasteiger partial charge in [-0.25, -0.2) is 4.68 Å². The number of furan rings is 1. The van der Waals surface area contributed by atoms with Crippen molar-refractivity contribution in [2.75, 3.05) is 6.54 Å². The number of carbonyl (C=O) groups is 1. The van der Waals surface area contributed by atoms with E-state index in [9.17, 15) is 9.59 Å². The summed E-state index contributed by atoms with van der Waals surface area (Å²) in [6, 6.07) is 6.48. The molecular formula is C13H13N3O3. The third-order valence-electron chi connectivity index (χ3n) is 2.35. The predicted molar refractivity (Wildman–Crippen MR) is 69.2 cm³/mol. The van der Waals surface area contributed by atoms with Crippen molar-refractivity contribution in [3.05, 3.63) is 58.9 Å². The molecule has 2 aromatic heterocycles. The number of aromatic nitrogens is 2. The molecule has 0 aliphatic heterocycles. The van der Waals surface area contributed by atoms with Crippen LogP contribution in [0.4, 0.5) is 0 Å². The number of hydrogen-bond donors (Lipinski definition) is 1. The summed E-state index contributed by atoms with van der Waals surface area (Å²) in [4.78, 5) is 22.8. The SMILES string of the molecule is O=C(/C=C/c1ccco1)NCCn1ncccc1=O. The molecule has 2 heterocycles. The van der Waals surface area contributed by atoms with Gasteiger partial charge in [0.1, 0.15) is 5.76 Å². The van der Waals surface area contributed by atoms with E-state index in [-0.39, 0.29) is 11.5 Å². The van der Waals surface area contributed by atoms with Crippen LogP contribution in [-0.2, 0) is 11.3 Å². The average molecular weight is 259 g/mol. The van der Waals surface area contributed by atoms with Gasteiger partial charge in [0.05, 0.1) is 12.8 Å². The van der Waals surface area contributed by atoms with Gasteiger partial charge >= 0.3 is 0 Å². The Morgan fingerprint density at radius 1 is 1.42 bits per heavy atom. The first-order valence-electron chi connectivity index (χ1n) is 5.77. The van der Waals surface area contributed by atoms with Crippen LogP contribution in [0.1, 0.15) is 5.76 Å². The normalized spacial score (nSPS) is 10.7. The topological polar surface area (TPSA) is 77.1 Å². The first-order valence-corrected chi connectivity index (χ1v) is 5.77. The second-order valence-electron chi connectivity index (χ2n) is 3.72. The molecule has 0 aromatic carbocycles. The van der Waals surface area contributed by atoms with Crippen molar-refractivity contribution < 1.29 is 9.21 Å². The highest BCUT2D eigenvalue weighted by Crippen LogP contribution is 2.01. The minimum Gasteiger partial charge on any atom is -0.465 e. The molecule has 1 amide bonds. The summed E-state index contributed by atoms with van der Waals surface area (Å²) in [7, 11) is 0. The second-order valence-corrected chi connectivity index (χ2v) is 3.72. The lowest BCUT2D eigenvalue weighted by atomic mass is 10.4. The fourth-order valence-corrected chi connectivity index (χ4v) is 1.44. The number of hydrogen-bond acceptors (Lipinski definition) is 4. The Hall–Kier alpha value is -2.63. The zero-order valence-electron chi connectivity index (χ0n) is 10.2. The van der Waals surface area contributed by atoms with Crippen molar-refractivity contribution in [1.29, 1.82) is 0 Å². The zero-order chi connectivity index (χ0) is 13.5. The van der Waals surface area contributed by atoms with Crippen molar-refractivity contribution in [2.24, 2.45) is 0 Å². The Morgan fingerprint density at radius 3 is 3.05 bits per heavy atom. The second kappa shape index (κ2) is 6.34. The van der Waals surface area contributed by atoms with Gasteiger partial charge in [-0.05, 0) is 24.3 Å². The van der Waals surface area contributed by atoms with Gasteiger partial charge in [0.15, 0.2) is 0 Å². The summed E-state index contributed by atoms with van der Waals surface area (Å²) in [5, 5.41) is 6.54. The van der Waals surface area contributed by atoms with Crippen LogP contribution >= 0.6 is 0 Å². The predicted octanol–water partition coefficient (Wildman–Crippen LogP) is 0.666. The number of nitrogens with zero attached hydrogens (tertiary/aromatic N) is 2. The first kappa shape index (κ1) is 12.8. The van der Waals surface area contributed by atoms with Gasteiger partial charge in [-0.3, -0.25) is 9.59 Å². The largest absolute Gasteiger partial charge is 0.465 e. The fourth-order valence-electron chi connectivity index (χ4n) is 1.44. The molecule has 0 fully saturated rings. The third-order valence-corrected chi connectivity index (χ3v) is 2.35. The monoisotopic (exact) mass is 259 g/mol. The molecule has 6 heteroatoms. The molecule has 0 unspecified atom stereocenters. The molecule has 19 heavy (non-hydrogen) atoms. The molecule has 0 saturated heterocycles. The molecule has 6 nitrogen and oxygen atoms in total. The zero-order valence-corrected chi connectivity index (χ0v) is 10.2. The maximum Gasteiger partial charge on any atom is 0.266 e. The standard InChI is InChI=1S/C13H13N3O3/c17-12(6-5-11-3-2-10-19-11)14-8-9-16-13(18)4-1-7-15-16/h1-7,10H,8-9H2,(H,14,17)/b6-5+. The minimum atomic E-state index is -0.250. The number of amides is 1. The Morgan fingerprint density at radius 2 is 2.32 bits per heavy atom. The van der Waals surface area contributed by atoms with Crippen molar-refractivity contribution in [2.45, 2.75) is 6.54 Å². The Kier molecular flexibility index (Phi) is 4.28. The van der Waals surface area contributed by atoms with Crippen molar-refractivity contribution in [1.82, 2.24) is 15.1 Å². The molecule has 2 aromatic rings. The van der Waals surface area contributed by atoms with E-state index in [1.807, 2.05) is 0 Å². The molecule has 0 radical (unpaired) electrons. The lowest BCUT2D eigenvalue weighted by Crippen LogP contribution is -2.30. The van der Waals surface area contributed by atoms with E-state index in [1.54, 1.807) is 24.3 Å². The van der Waals surface area contributed by atoms with Gasteiger partial charge in [-0.1, -0.05) is 0 Å². The van der Waals surface area contributed by atoms with E-state index in [0.29, 0.717) is 18.8 Å². The third kappa shape index (κ3) is 3.95. The maximum absolute atomic E-state index is 11.5. The summed E-state index contributed by atoms with van der Waals surface area (Å²) in [6.07, 6.45) is 6.01. The highest BCUT2D eigenvalue weighted by molar-refractivity contribution is 5.91. The van der Waals surface area contributed by atoms with Gasteiger partial charge in [-0.15, -0.1) is 0 Å². The van der Waals surface area contributed by atoms with E-state index in [1.165, 1.54) is 29.3 Å². The first-order chi connectivity index (χ1) is 9.25. The highest BCUT2D eigenvalue weighted by Gasteiger charge is 1.98. The van der Waals surface area contributed by atoms with Crippen molar-refractivity contribution >= 4 is 12.0 Å². The van der Waals surface area contributed by atoms with E-state index in [4.69, 9.17) is 4.42 Å². The minimum absolute atomic E-state index is 0.192. The van der Waals surface area contributed by atoms with Gasteiger partial charge < -0.3 is 9.73 Å². The molecule has 0 bridgehead atoms. The number of rotatable bonds is 5. The van der Waals surface area contributed by atoms with Gasteiger partial charge in [0, 0.05) is 24.9 Å². The van der Waals surface area contributed by atoms with Crippen LogP contribution in [0, 0.1) is 0 Å². The summed E-state index contributed by atoms with van der Waals surface area (Å²) in [5.41, 5.74) is -0.192. The van der Waals surface area contributed by atoms with Gasteiger partial charge in [0.2, 0.25) is 5.91 Å². The van der Waals surface area contributed by atoms with Crippen molar-refractivity contribution in [3.8, 4) is 0 Å². The number of nitrogens with one attached hydrogen (secondary N) is 1. The van der Waals surface area contributed by atoms with Crippen molar-refractivity contribution in [3.63, 3.8) is 0 Å². The molecular weight excluding hydrogens is 246 g/mol. The molecule has 2 rings (SSSR count). The Bertz CT molecular complexity index is 614. The van der Waals surface area contributed by atoms with Crippen LogP contribution in [0.5, 0.6) is 0 Å². The maximum atomic E-state index is 11.5. The van der Waals surface area contributed by atoms with E-state index < -0.39 is 0 Å². The van der Waals surface area contributed by atoms with Crippen LogP contribution < -0.4 is 10.9 Å². The summed E-state index contributed by atoms with van der Waals surface area (Å²) in [5.74, 6) is 0.358. The highest BCUT2D eigenvalue weighted by atomic mass is 16.3. The molecule has 0 aliphatic carbocycles. The molecule has 98 valence electrons. The van der Waals surface area contributed by atoms with Crippen LogP contribution in [0.15, 0.2) is 52.0 Å². The molecule has 1 N–H and O–H groups in total. The van der Waals surface area contributed by atoms with Crippen LogP contribution in [0.3, 0.4) is 0 Å². The lowest BCUT2D eigenvalue weighted by Gasteiger charge is -2.03. The number of carbonyl (C=O) groups excluding carboxylic acids is 1. The van der Waals surface area contributed by atoms with Crippen LogP contribution in [0.25, 0.3) is 6.08 Å². The van der Waals surface area contributed by atoms with Gasteiger partial charge in [0.25, 0.3) is 5.56 Å². The quantitative estimate of drug-likeness (QED) is 0.800. The lowest BCUT2D eigenvalue weighted by molar-refractivity contribution is -0.116. The molecule has 0 aliphatic rings. The molecule has 0 spiro atoms. The Balaban J connectivity index is 1.78.